The van der Waals surface area contributed by atoms with Gasteiger partial charge in [-0.05, 0) is 31.3 Å². The van der Waals surface area contributed by atoms with Gasteiger partial charge in [0.1, 0.15) is 17.4 Å². The number of benzene rings is 2. The summed E-state index contributed by atoms with van der Waals surface area (Å²) in [7, 11) is 3.09. The summed E-state index contributed by atoms with van der Waals surface area (Å²) in [6.45, 7) is 0. The van der Waals surface area contributed by atoms with E-state index in [2.05, 4.69) is 5.32 Å². The van der Waals surface area contributed by atoms with Gasteiger partial charge in [-0.3, -0.25) is 0 Å². The van der Waals surface area contributed by atoms with Crippen LogP contribution in [0.25, 0.3) is 0 Å². The number of hydrogen-bond donors (Lipinski definition) is 1. The van der Waals surface area contributed by atoms with Crippen LogP contribution in [0.3, 0.4) is 0 Å². The lowest BCUT2D eigenvalue weighted by atomic mass is 9.97. The maximum absolute atomic E-state index is 14.1. The first-order valence-corrected chi connectivity index (χ1v) is 6.40. The van der Waals surface area contributed by atoms with Crippen molar-refractivity contribution in [2.45, 2.75) is 6.04 Å². The molecule has 0 spiro atoms. The van der Waals surface area contributed by atoms with Crippen molar-refractivity contribution in [2.75, 3.05) is 14.2 Å². The van der Waals surface area contributed by atoms with Crippen LogP contribution in [-0.4, -0.2) is 14.2 Å². The maximum Gasteiger partial charge on any atom is 0.132 e. The van der Waals surface area contributed by atoms with E-state index < -0.39 is 17.7 Å². The molecule has 0 saturated carbocycles. The highest BCUT2D eigenvalue weighted by molar-refractivity contribution is 6.30. The Hall–Kier alpha value is -1.65. The molecule has 1 N–H and O–H groups in total. The topological polar surface area (TPSA) is 21.3 Å². The smallest absolute Gasteiger partial charge is 0.132 e. The number of ether oxygens (including phenoxy) is 1. The quantitative estimate of drug-likeness (QED) is 0.923. The summed E-state index contributed by atoms with van der Waals surface area (Å²) in [5.74, 6) is -0.500. The Labute approximate surface area is 121 Å². The van der Waals surface area contributed by atoms with Gasteiger partial charge in [0.25, 0.3) is 0 Å². The Morgan fingerprint density at radius 3 is 2.40 bits per heavy atom. The molecule has 20 heavy (non-hydrogen) atoms. The number of hydrogen-bond acceptors (Lipinski definition) is 2. The average Bonchev–Trinajstić information content (AvgIpc) is 2.44. The second-order valence-electron chi connectivity index (χ2n) is 4.27. The molecule has 0 saturated heterocycles. The second kappa shape index (κ2) is 6.20. The van der Waals surface area contributed by atoms with E-state index in [1.54, 1.807) is 19.2 Å². The minimum atomic E-state index is -0.625. The third-order valence-corrected chi connectivity index (χ3v) is 3.31. The molecular formula is C15H14ClF2NO. The van der Waals surface area contributed by atoms with E-state index in [9.17, 15) is 8.78 Å². The van der Waals surface area contributed by atoms with Crippen LogP contribution in [0.2, 0.25) is 5.02 Å². The first kappa shape index (κ1) is 14.8. The molecule has 0 heterocycles. The van der Waals surface area contributed by atoms with E-state index in [4.69, 9.17) is 16.3 Å². The van der Waals surface area contributed by atoms with Crippen LogP contribution in [0, 0.1) is 11.6 Å². The van der Waals surface area contributed by atoms with Gasteiger partial charge in [-0.2, -0.15) is 0 Å². The fraction of sp³-hybridized carbons (Fsp3) is 0.200. The molecule has 1 atom stereocenters. The summed E-state index contributed by atoms with van der Waals surface area (Å²) in [5, 5.41) is 3.30. The molecule has 0 amide bonds. The van der Waals surface area contributed by atoms with Crippen LogP contribution in [0.5, 0.6) is 5.75 Å². The van der Waals surface area contributed by atoms with Crippen LogP contribution in [-0.2, 0) is 0 Å². The zero-order valence-corrected chi connectivity index (χ0v) is 11.8. The number of methoxy groups -OCH3 is 1. The molecule has 0 aromatic heterocycles. The van der Waals surface area contributed by atoms with Gasteiger partial charge in [0.05, 0.1) is 13.2 Å². The third kappa shape index (κ3) is 2.92. The monoisotopic (exact) mass is 297 g/mol. The van der Waals surface area contributed by atoms with E-state index in [1.165, 1.54) is 31.4 Å². The molecular weight excluding hydrogens is 284 g/mol. The average molecular weight is 298 g/mol. The third-order valence-electron chi connectivity index (χ3n) is 3.08. The molecule has 2 rings (SSSR count). The highest BCUT2D eigenvalue weighted by atomic mass is 35.5. The summed E-state index contributed by atoms with van der Waals surface area (Å²) in [4.78, 5) is 0. The van der Waals surface area contributed by atoms with Gasteiger partial charge in [-0.25, -0.2) is 8.78 Å². The Morgan fingerprint density at radius 2 is 1.80 bits per heavy atom. The molecule has 0 radical (unpaired) electrons. The molecule has 106 valence electrons. The van der Waals surface area contributed by atoms with Gasteiger partial charge in [0.15, 0.2) is 0 Å². The van der Waals surface area contributed by atoms with Crippen molar-refractivity contribution in [3.05, 3.63) is 64.2 Å². The van der Waals surface area contributed by atoms with E-state index in [-0.39, 0.29) is 0 Å². The van der Waals surface area contributed by atoms with Crippen molar-refractivity contribution >= 4 is 11.6 Å². The van der Waals surface area contributed by atoms with Crippen LogP contribution >= 0.6 is 11.6 Å². The summed E-state index contributed by atoms with van der Waals surface area (Å²) >= 11 is 5.88. The molecule has 5 heteroatoms. The molecule has 2 nitrogen and oxygen atoms in total. The number of halogens is 3. The van der Waals surface area contributed by atoms with Crippen LogP contribution in [0.1, 0.15) is 17.2 Å². The van der Waals surface area contributed by atoms with Crippen LogP contribution < -0.4 is 10.1 Å². The predicted octanol–water partition coefficient (Wildman–Crippen LogP) is 3.94. The summed E-state index contributed by atoms with van der Waals surface area (Å²) < 4.78 is 33.0. The van der Waals surface area contributed by atoms with Crippen molar-refractivity contribution < 1.29 is 13.5 Å². The van der Waals surface area contributed by atoms with Gasteiger partial charge >= 0.3 is 0 Å². The Balaban J connectivity index is 2.49. The number of rotatable bonds is 4. The number of nitrogens with one attached hydrogen (secondary N) is 1. The highest BCUT2D eigenvalue weighted by Crippen LogP contribution is 2.29. The van der Waals surface area contributed by atoms with Crippen molar-refractivity contribution in [2.24, 2.45) is 0 Å². The second-order valence-corrected chi connectivity index (χ2v) is 4.71. The van der Waals surface area contributed by atoms with E-state index in [0.29, 0.717) is 21.9 Å². The molecule has 0 fully saturated rings. The van der Waals surface area contributed by atoms with Crippen molar-refractivity contribution in [3.63, 3.8) is 0 Å². The zero-order chi connectivity index (χ0) is 14.7. The Morgan fingerprint density at radius 1 is 1.05 bits per heavy atom. The van der Waals surface area contributed by atoms with Crippen molar-refractivity contribution in [3.8, 4) is 5.75 Å². The van der Waals surface area contributed by atoms with E-state index >= 15 is 0 Å². The lowest BCUT2D eigenvalue weighted by Gasteiger charge is -2.19. The van der Waals surface area contributed by atoms with Gasteiger partial charge in [-0.1, -0.05) is 17.7 Å². The van der Waals surface area contributed by atoms with Gasteiger partial charge in [-0.15, -0.1) is 0 Å². The molecule has 2 aromatic carbocycles. The summed E-state index contributed by atoms with van der Waals surface area (Å²) in [5.41, 5.74) is 0.624. The maximum atomic E-state index is 14.1. The predicted molar refractivity (Wildman–Crippen MR) is 75.3 cm³/mol. The fourth-order valence-corrected chi connectivity index (χ4v) is 2.26. The highest BCUT2D eigenvalue weighted by Gasteiger charge is 2.20. The summed E-state index contributed by atoms with van der Waals surface area (Å²) in [6, 6.07) is 8.05. The van der Waals surface area contributed by atoms with Gasteiger partial charge in [0.2, 0.25) is 0 Å². The molecule has 1 unspecified atom stereocenters. The minimum absolute atomic E-state index is 0.295. The van der Waals surface area contributed by atoms with Crippen LogP contribution in [0.4, 0.5) is 8.78 Å². The molecule has 0 bridgehead atoms. The van der Waals surface area contributed by atoms with E-state index in [0.717, 1.165) is 0 Å². The SMILES string of the molecule is CNC(c1ccc(OC)cc1F)c1cc(Cl)ccc1F. The lowest BCUT2D eigenvalue weighted by molar-refractivity contribution is 0.410. The molecule has 2 aromatic rings. The standard InChI is InChI=1S/C15H14ClF2NO/c1-19-15(12-7-9(16)3-6-13(12)17)11-5-4-10(20-2)8-14(11)18/h3-8,15,19H,1-2H3. The molecule has 0 aliphatic carbocycles. The van der Waals surface area contributed by atoms with Gasteiger partial charge in [0, 0.05) is 22.2 Å². The van der Waals surface area contributed by atoms with Gasteiger partial charge < -0.3 is 10.1 Å². The summed E-state index contributed by atoms with van der Waals surface area (Å²) in [6.07, 6.45) is 0. The molecule has 0 aliphatic heterocycles. The minimum Gasteiger partial charge on any atom is -0.497 e. The van der Waals surface area contributed by atoms with E-state index in [1.807, 2.05) is 0 Å². The lowest BCUT2D eigenvalue weighted by Crippen LogP contribution is -2.20. The van der Waals surface area contributed by atoms with Crippen LogP contribution in [0.15, 0.2) is 36.4 Å². The normalized spacial score (nSPS) is 12.2. The zero-order valence-electron chi connectivity index (χ0n) is 11.1. The first-order valence-electron chi connectivity index (χ1n) is 6.02. The largest absolute Gasteiger partial charge is 0.497 e. The van der Waals surface area contributed by atoms with Crippen molar-refractivity contribution in [1.29, 1.82) is 0 Å². The Kier molecular flexibility index (Phi) is 4.57. The molecule has 0 aliphatic rings. The fourth-order valence-electron chi connectivity index (χ4n) is 2.08. The van der Waals surface area contributed by atoms with Crippen molar-refractivity contribution in [1.82, 2.24) is 5.32 Å². The first-order chi connectivity index (χ1) is 9.56. The Bertz CT molecular complexity index is 619.